The zero-order chi connectivity index (χ0) is 25.9. The predicted octanol–water partition coefficient (Wildman–Crippen LogP) is 2.30. The number of urea groups is 1. The van der Waals surface area contributed by atoms with Gasteiger partial charge < -0.3 is 19.8 Å². The van der Waals surface area contributed by atoms with E-state index in [-0.39, 0.29) is 24.9 Å². The van der Waals surface area contributed by atoms with Crippen LogP contribution in [0.2, 0.25) is 0 Å². The van der Waals surface area contributed by atoms with Gasteiger partial charge in [0.15, 0.2) is 0 Å². The van der Waals surface area contributed by atoms with Crippen molar-refractivity contribution >= 4 is 46.4 Å². The minimum atomic E-state index is -0.417. The first-order chi connectivity index (χ1) is 17.9. The zero-order valence-corrected chi connectivity index (χ0v) is 20.5. The highest BCUT2D eigenvalue weighted by Crippen LogP contribution is 2.25. The predicted molar refractivity (Wildman–Crippen MR) is 144 cm³/mol. The lowest BCUT2D eigenvalue weighted by atomic mass is 10.0. The van der Waals surface area contributed by atoms with E-state index in [1.165, 1.54) is 4.90 Å². The van der Waals surface area contributed by atoms with Gasteiger partial charge in [0.25, 0.3) is 5.56 Å². The number of hydrogen-bond donors (Lipinski definition) is 3. The summed E-state index contributed by atoms with van der Waals surface area (Å²) in [6.07, 6.45) is 5.11. The van der Waals surface area contributed by atoms with Gasteiger partial charge >= 0.3 is 6.03 Å². The Kier molecular flexibility index (Phi) is 6.74. The number of aromatic nitrogens is 1. The topological polar surface area (TPSA) is 121 Å². The summed E-state index contributed by atoms with van der Waals surface area (Å²) >= 11 is 0. The number of hydrogen-bond acceptors (Lipinski definition) is 7. The summed E-state index contributed by atoms with van der Waals surface area (Å²) in [7, 11) is 2.13. The first-order valence-electron chi connectivity index (χ1n) is 12.1. The van der Waals surface area contributed by atoms with Gasteiger partial charge in [0.2, 0.25) is 11.8 Å². The van der Waals surface area contributed by atoms with E-state index in [1.807, 2.05) is 24.3 Å². The maximum absolute atomic E-state index is 12.4. The Morgan fingerprint density at radius 3 is 2.46 bits per heavy atom. The quantitative estimate of drug-likeness (QED) is 0.353. The number of nitrogens with zero attached hydrogens (tertiary/aromatic N) is 4. The minimum absolute atomic E-state index is 0.0289. The summed E-state index contributed by atoms with van der Waals surface area (Å²) < 4.78 is 0. The van der Waals surface area contributed by atoms with E-state index in [1.54, 1.807) is 36.6 Å². The lowest BCUT2D eigenvalue weighted by molar-refractivity contribution is -0.118. The molecule has 3 amide bonds. The first kappa shape index (κ1) is 24.3. The molecule has 0 aliphatic carbocycles. The molecule has 3 aromatic rings. The van der Waals surface area contributed by atoms with Gasteiger partial charge in [-0.3, -0.25) is 24.9 Å². The summed E-state index contributed by atoms with van der Waals surface area (Å²) in [5.74, 6) is -0.583. The number of H-pyrrole nitrogens is 1. The number of likely N-dealkylation sites (N-methyl/N-ethyl adjacent to an activating group) is 1. The number of carbonyl (C=O) groups is 2. The Bertz CT molecular complexity index is 1450. The van der Waals surface area contributed by atoms with Crippen molar-refractivity contribution in [3.8, 4) is 5.88 Å². The van der Waals surface area contributed by atoms with Crippen LogP contribution in [0.1, 0.15) is 11.1 Å². The van der Waals surface area contributed by atoms with E-state index in [0.717, 1.165) is 43.1 Å². The number of amides is 3. The smallest absolute Gasteiger partial charge is 0.324 e. The molecule has 3 N–H and O–H groups in total. The van der Waals surface area contributed by atoms with Crippen LogP contribution in [0, 0.1) is 0 Å². The SMILES string of the molecule is CN1CCN(c2ccc(N=Cc3c(O)[nH]c(=O)c4ccc(C=CCN5CC(=O)NC5=O)cc34)cc2)CC1. The maximum Gasteiger partial charge on any atom is 0.324 e. The molecule has 3 heterocycles. The highest BCUT2D eigenvalue weighted by Gasteiger charge is 2.25. The molecule has 1 aromatic heterocycles. The van der Waals surface area contributed by atoms with Crippen molar-refractivity contribution in [3.63, 3.8) is 0 Å². The second-order valence-corrected chi connectivity index (χ2v) is 9.22. The van der Waals surface area contributed by atoms with Gasteiger partial charge in [0.1, 0.15) is 6.54 Å². The molecule has 2 aliphatic rings. The van der Waals surface area contributed by atoms with Crippen LogP contribution in [0.15, 0.2) is 58.3 Å². The Hall–Kier alpha value is -4.44. The molecule has 5 rings (SSSR count). The van der Waals surface area contributed by atoms with Gasteiger partial charge in [0.05, 0.1) is 11.3 Å². The number of imide groups is 1. The van der Waals surface area contributed by atoms with Gasteiger partial charge in [-0.15, -0.1) is 0 Å². The van der Waals surface area contributed by atoms with Gasteiger partial charge in [-0.2, -0.15) is 0 Å². The number of anilines is 1. The van der Waals surface area contributed by atoms with Crippen LogP contribution in [0.5, 0.6) is 5.88 Å². The highest BCUT2D eigenvalue weighted by atomic mass is 16.3. The molecule has 0 unspecified atom stereocenters. The van der Waals surface area contributed by atoms with Crippen LogP contribution >= 0.6 is 0 Å². The molecule has 10 nitrogen and oxygen atoms in total. The number of aromatic amines is 1. The van der Waals surface area contributed by atoms with E-state index in [0.29, 0.717) is 16.3 Å². The van der Waals surface area contributed by atoms with Crippen LogP contribution < -0.4 is 15.8 Å². The molecule has 190 valence electrons. The lowest BCUT2D eigenvalue weighted by Crippen LogP contribution is -2.44. The van der Waals surface area contributed by atoms with E-state index in [4.69, 9.17) is 0 Å². The fourth-order valence-corrected chi connectivity index (χ4v) is 4.49. The number of rotatable bonds is 6. The molecule has 0 bridgehead atoms. The van der Waals surface area contributed by atoms with Crippen LogP contribution in [-0.4, -0.2) is 84.4 Å². The third-order valence-electron chi connectivity index (χ3n) is 6.63. The van der Waals surface area contributed by atoms with Gasteiger partial charge in [0, 0.05) is 55.4 Å². The normalized spacial score (nSPS) is 17.0. The summed E-state index contributed by atoms with van der Waals surface area (Å²) in [6, 6.07) is 12.8. The van der Waals surface area contributed by atoms with Gasteiger partial charge in [-0.1, -0.05) is 18.2 Å². The van der Waals surface area contributed by atoms with Crippen molar-refractivity contribution in [3.05, 3.63) is 70.0 Å². The monoisotopic (exact) mass is 500 g/mol. The van der Waals surface area contributed by atoms with Crippen LogP contribution in [0.3, 0.4) is 0 Å². The third-order valence-corrected chi connectivity index (χ3v) is 6.63. The van der Waals surface area contributed by atoms with Gasteiger partial charge in [-0.25, -0.2) is 4.79 Å². The minimum Gasteiger partial charge on any atom is -0.494 e. The number of carbonyl (C=O) groups excluding carboxylic acids is 2. The Morgan fingerprint density at radius 2 is 1.76 bits per heavy atom. The number of fused-ring (bicyclic) bond motifs is 1. The Labute approximate surface area is 213 Å². The molecule has 0 spiro atoms. The first-order valence-corrected chi connectivity index (χ1v) is 12.1. The van der Waals surface area contributed by atoms with E-state index >= 15 is 0 Å². The standard InChI is InChI=1S/C27H28N6O4/c1-31-11-13-32(14-12-31)20-7-5-19(6-8-20)28-16-23-22-15-18(4-9-21(22)25(35)30-26(23)36)3-2-10-33-17-24(34)29-27(33)37/h2-9,15-16H,10-14,17H2,1H3,(H,29,34,37)(H2,30,35,36). The van der Waals surface area contributed by atoms with E-state index in [2.05, 4.69) is 32.1 Å². The molecule has 0 saturated carbocycles. The Balaban J connectivity index is 1.37. The molecule has 10 heteroatoms. The molecular weight excluding hydrogens is 472 g/mol. The average molecular weight is 501 g/mol. The average Bonchev–Trinajstić information content (AvgIpc) is 3.21. The number of pyridine rings is 1. The number of aliphatic imine (C=N–C) groups is 1. The Morgan fingerprint density at radius 1 is 1.00 bits per heavy atom. The van der Waals surface area contributed by atoms with Crippen molar-refractivity contribution in [1.29, 1.82) is 0 Å². The van der Waals surface area contributed by atoms with Crippen LogP contribution in [0.4, 0.5) is 16.2 Å². The van der Waals surface area contributed by atoms with Crippen LogP contribution in [-0.2, 0) is 4.79 Å². The molecule has 2 aromatic carbocycles. The maximum atomic E-state index is 12.4. The molecule has 0 atom stereocenters. The number of benzene rings is 2. The van der Waals surface area contributed by atoms with E-state index < -0.39 is 11.6 Å². The zero-order valence-electron chi connectivity index (χ0n) is 20.5. The van der Waals surface area contributed by atoms with Crippen molar-refractivity contribution < 1.29 is 14.7 Å². The van der Waals surface area contributed by atoms with Crippen molar-refractivity contribution in [2.24, 2.45) is 4.99 Å². The fourth-order valence-electron chi connectivity index (χ4n) is 4.49. The summed E-state index contributed by atoms with van der Waals surface area (Å²) in [5, 5.41) is 13.7. The second kappa shape index (κ2) is 10.3. The molecule has 37 heavy (non-hydrogen) atoms. The third kappa shape index (κ3) is 5.39. The second-order valence-electron chi connectivity index (χ2n) is 9.22. The van der Waals surface area contributed by atoms with Crippen molar-refractivity contribution in [2.75, 3.05) is 51.2 Å². The van der Waals surface area contributed by atoms with E-state index in [9.17, 15) is 19.5 Å². The molecule has 0 radical (unpaired) electrons. The molecule has 2 fully saturated rings. The fraction of sp³-hybridized carbons (Fsp3) is 0.259. The number of aromatic hydroxyl groups is 1. The molecular formula is C27H28N6O4. The largest absolute Gasteiger partial charge is 0.494 e. The van der Waals surface area contributed by atoms with Gasteiger partial charge in [-0.05, 0) is 49.0 Å². The molecule has 2 aliphatic heterocycles. The number of nitrogens with one attached hydrogen (secondary N) is 2. The molecule has 2 saturated heterocycles. The lowest BCUT2D eigenvalue weighted by Gasteiger charge is -2.34. The van der Waals surface area contributed by atoms with Crippen molar-refractivity contribution in [1.82, 2.24) is 20.1 Å². The number of piperazine rings is 1. The summed E-state index contributed by atoms with van der Waals surface area (Å²) in [4.78, 5) is 48.5. The summed E-state index contributed by atoms with van der Waals surface area (Å²) in [6.45, 7) is 4.33. The summed E-state index contributed by atoms with van der Waals surface area (Å²) in [5.41, 5.74) is 2.65. The van der Waals surface area contributed by atoms with Crippen LogP contribution in [0.25, 0.3) is 16.8 Å². The van der Waals surface area contributed by atoms with Crippen molar-refractivity contribution in [2.45, 2.75) is 0 Å². The highest BCUT2D eigenvalue weighted by molar-refractivity contribution is 6.03.